The van der Waals surface area contributed by atoms with Crippen molar-refractivity contribution >= 4 is 22.6 Å². The maximum atomic E-state index is 12.9. The summed E-state index contributed by atoms with van der Waals surface area (Å²) >= 11 is 0. The van der Waals surface area contributed by atoms with E-state index in [-0.39, 0.29) is 17.6 Å². The van der Waals surface area contributed by atoms with Gasteiger partial charge in [-0.2, -0.15) is 0 Å². The van der Waals surface area contributed by atoms with Crippen LogP contribution in [0.15, 0.2) is 64.0 Å². The van der Waals surface area contributed by atoms with E-state index in [1.54, 1.807) is 13.2 Å². The summed E-state index contributed by atoms with van der Waals surface area (Å²) in [4.78, 5) is 17.4. The van der Waals surface area contributed by atoms with Crippen molar-refractivity contribution in [1.29, 1.82) is 0 Å². The van der Waals surface area contributed by atoms with E-state index in [1.165, 1.54) is 0 Å². The van der Waals surface area contributed by atoms with Crippen molar-refractivity contribution in [3.8, 4) is 5.75 Å². The highest BCUT2D eigenvalue weighted by Gasteiger charge is 2.18. The lowest BCUT2D eigenvalue weighted by Crippen LogP contribution is -2.34. The average Bonchev–Trinajstić information content (AvgIpc) is 3.25. The third-order valence-corrected chi connectivity index (χ3v) is 4.70. The first kappa shape index (κ1) is 18.3. The number of methoxy groups -OCH3 is 1. The molecule has 2 aromatic carbocycles. The summed E-state index contributed by atoms with van der Waals surface area (Å²) in [6.07, 6.45) is 2.06. The molecule has 2 heterocycles. The first-order valence-electron chi connectivity index (χ1n) is 9.34. The Hall–Kier alpha value is -3.12. The molecule has 28 heavy (non-hydrogen) atoms. The van der Waals surface area contributed by atoms with Crippen molar-refractivity contribution in [2.75, 3.05) is 20.3 Å². The van der Waals surface area contributed by atoms with Crippen molar-refractivity contribution in [2.45, 2.75) is 18.9 Å². The molecule has 1 aliphatic rings. The van der Waals surface area contributed by atoms with Crippen molar-refractivity contribution < 1.29 is 18.7 Å². The molecular weight excluding hydrogens is 356 g/mol. The fraction of sp³-hybridized carbons (Fsp3) is 0.273. The van der Waals surface area contributed by atoms with Gasteiger partial charge in [0.05, 0.1) is 18.9 Å². The van der Waals surface area contributed by atoms with E-state index in [4.69, 9.17) is 13.9 Å². The van der Waals surface area contributed by atoms with Gasteiger partial charge >= 0.3 is 0 Å². The van der Waals surface area contributed by atoms with Gasteiger partial charge in [0.15, 0.2) is 0 Å². The molecule has 6 heteroatoms. The number of carbonyl (C=O) groups is 1. The number of amides is 1. The van der Waals surface area contributed by atoms with Gasteiger partial charge in [-0.05, 0) is 37.1 Å². The molecule has 1 N–H and O–H groups in total. The van der Waals surface area contributed by atoms with Crippen LogP contribution in [0.4, 0.5) is 5.69 Å². The Morgan fingerprint density at radius 1 is 1.21 bits per heavy atom. The van der Waals surface area contributed by atoms with Gasteiger partial charge in [-0.1, -0.05) is 24.3 Å². The van der Waals surface area contributed by atoms with Crippen molar-refractivity contribution in [3.05, 3.63) is 65.7 Å². The lowest BCUT2D eigenvalue weighted by molar-refractivity contribution is 0.0854. The van der Waals surface area contributed by atoms with E-state index in [0.29, 0.717) is 29.1 Å². The molecule has 1 fully saturated rings. The summed E-state index contributed by atoms with van der Waals surface area (Å²) in [5.74, 6) is 0.457. The molecular formula is C22H22N2O4. The van der Waals surface area contributed by atoms with Gasteiger partial charge in [0, 0.05) is 24.6 Å². The first-order valence-corrected chi connectivity index (χ1v) is 9.34. The maximum absolute atomic E-state index is 12.9. The Morgan fingerprint density at radius 2 is 2.11 bits per heavy atom. The molecule has 1 aliphatic heterocycles. The fourth-order valence-corrected chi connectivity index (χ4v) is 3.22. The van der Waals surface area contributed by atoms with Crippen molar-refractivity contribution in [3.63, 3.8) is 0 Å². The van der Waals surface area contributed by atoms with Gasteiger partial charge in [0.1, 0.15) is 16.9 Å². The normalized spacial score (nSPS) is 17.0. The van der Waals surface area contributed by atoms with Crippen molar-refractivity contribution in [1.82, 2.24) is 5.32 Å². The van der Waals surface area contributed by atoms with Crippen LogP contribution in [0.2, 0.25) is 0 Å². The molecule has 1 amide bonds. The number of para-hydroxylation sites is 1. The highest BCUT2D eigenvalue weighted by Crippen LogP contribution is 2.20. The number of fused-ring (bicyclic) bond motifs is 1. The van der Waals surface area contributed by atoms with Gasteiger partial charge < -0.3 is 19.2 Å². The van der Waals surface area contributed by atoms with E-state index in [1.807, 2.05) is 48.5 Å². The molecule has 1 aromatic heterocycles. The number of benzene rings is 2. The fourth-order valence-electron chi connectivity index (χ4n) is 3.22. The number of hydrogen-bond acceptors (Lipinski definition) is 5. The summed E-state index contributed by atoms with van der Waals surface area (Å²) in [5, 5.41) is 3.79. The molecule has 0 aliphatic carbocycles. The second kappa shape index (κ2) is 8.27. The smallest absolute Gasteiger partial charge is 0.256 e. The summed E-state index contributed by atoms with van der Waals surface area (Å²) < 4.78 is 16.8. The van der Waals surface area contributed by atoms with Crippen LogP contribution in [0.3, 0.4) is 0 Å². The number of nitrogens with zero attached hydrogens (tertiary/aromatic N) is 1. The topological polar surface area (TPSA) is 73.1 Å². The summed E-state index contributed by atoms with van der Waals surface area (Å²) in [5.41, 5.74) is 1.96. The van der Waals surface area contributed by atoms with Crippen LogP contribution >= 0.6 is 0 Å². The Labute approximate surface area is 162 Å². The number of nitrogens with one attached hydrogen (secondary N) is 1. The Bertz CT molecular complexity index is 1050. The summed E-state index contributed by atoms with van der Waals surface area (Å²) in [6.45, 7) is 1.23. The molecule has 1 saturated heterocycles. The molecule has 0 spiro atoms. The van der Waals surface area contributed by atoms with Gasteiger partial charge in [0.25, 0.3) is 5.91 Å². The molecule has 3 aromatic rings. The van der Waals surface area contributed by atoms with E-state index < -0.39 is 0 Å². The Morgan fingerprint density at radius 3 is 2.93 bits per heavy atom. The minimum Gasteiger partial charge on any atom is -0.497 e. The predicted octanol–water partition coefficient (Wildman–Crippen LogP) is 3.58. The zero-order chi connectivity index (χ0) is 19.3. The van der Waals surface area contributed by atoms with Gasteiger partial charge in [-0.3, -0.25) is 4.79 Å². The molecule has 6 nitrogen and oxygen atoms in total. The van der Waals surface area contributed by atoms with Crippen LogP contribution in [0, 0.1) is 0 Å². The second-order valence-corrected chi connectivity index (χ2v) is 6.66. The lowest BCUT2D eigenvalue weighted by atomic mass is 10.1. The van der Waals surface area contributed by atoms with E-state index in [2.05, 4.69) is 10.3 Å². The molecule has 144 valence electrons. The van der Waals surface area contributed by atoms with Crippen LogP contribution < -0.4 is 15.6 Å². The van der Waals surface area contributed by atoms with Crippen LogP contribution in [0.1, 0.15) is 23.2 Å². The number of rotatable bonds is 5. The zero-order valence-corrected chi connectivity index (χ0v) is 15.7. The summed E-state index contributed by atoms with van der Waals surface area (Å²) in [6, 6.07) is 16.7. The first-order chi connectivity index (χ1) is 13.7. The number of ether oxygens (including phenoxy) is 2. The Kier molecular flexibility index (Phi) is 5.39. The minimum atomic E-state index is -0.230. The molecule has 1 atom stereocenters. The van der Waals surface area contributed by atoms with Crippen LogP contribution in [0.25, 0.3) is 11.0 Å². The predicted molar refractivity (Wildman–Crippen MR) is 106 cm³/mol. The third-order valence-electron chi connectivity index (χ3n) is 4.70. The second-order valence-electron chi connectivity index (χ2n) is 6.66. The monoisotopic (exact) mass is 378 g/mol. The molecule has 1 unspecified atom stereocenters. The maximum Gasteiger partial charge on any atom is 0.256 e. The Balaban J connectivity index is 1.73. The van der Waals surface area contributed by atoms with Gasteiger partial charge in [0.2, 0.25) is 5.55 Å². The van der Waals surface area contributed by atoms with Gasteiger partial charge in [-0.25, -0.2) is 4.99 Å². The lowest BCUT2D eigenvalue weighted by Gasteiger charge is -2.11. The highest BCUT2D eigenvalue weighted by molar-refractivity contribution is 5.96. The van der Waals surface area contributed by atoms with E-state index >= 15 is 0 Å². The van der Waals surface area contributed by atoms with E-state index in [9.17, 15) is 4.79 Å². The summed E-state index contributed by atoms with van der Waals surface area (Å²) in [7, 11) is 1.60. The third kappa shape index (κ3) is 4.07. The van der Waals surface area contributed by atoms with Crippen LogP contribution in [-0.4, -0.2) is 32.3 Å². The number of hydrogen-bond donors (Lipinski definition) is 1. The van der Waals surface area contributed by atoms with Crippen LogP contribution in [-0.2, 0) is 4.74 Å². The SMILES string of the molecule is COc1cccc(N=c2oc3ccccc3cc2C(=O)NCC2CCCO2)c1. The van der Waals surface area contributed by atoms with E-state index in [0.717, 1.165) is 24.8 Å². The molecule has 0 radical (unpaired) electrons. The largest absolute Gasteiger partial charge is 0.497 e. The average molecular weight is 378 g/mol. The standard InChI is InChI=1S/C22H22N2O4/c1-26-17-8-4-7-16(13-17)24-22-19(12-15-6-2-3-10-20(15)28-22)21(25)23-14-18-9-5-11-27-18/h2-4,6-8,10,12-13,18H,5,9,11,14H2,1H3,(H,23,25). The quantitative estimate of drug-likeness (QED) is 0.736. The highest BCUT2D eigenvalue weighted by atomic mass is 16.5. The van der Waals surface area contributed by atoms with Gasteiger partial charge in [-0.15, -0.1) is 0 Å². The van der Waals surface area contributed by atoms with Crippen molar-refractivity contribution in [2.24, 2.45) is 4.99 Å². The molecule has 0 saturated carbocycles. The zero-order valence-electron chi connectivity index (χ0n) is 15.7. The van der Waals surface area contributed by atoms with Crippen LogP contribution in [0.5, 0.6) is 5.75 Å². The minimum absolute atomic E-state index is 0.0696. The number of carbonyl (C=O) groups excluding carboxylic acids is 1. The molecule has 4 rings (SSSR count). The molecule has 0 bridgehead atoms.